The highest BCUT2D eigenvalue weighted by atomic mass is 32.1. The number of hydrogen-bond donors (Lipinski definition) is 0. The minimum atomic E-state index is 0.618. The molecule has 0 N–H and O–H groups in total. The van der Waals surface area contributed by atoms with Gasteiger partial charge in [0.05, 0.1) is 11.0 Å². The first-order valence-electron chi connectivity index (χ1n) is 20.8. The predicted molar refractivity (Wildman–Crippen MR) is 260 cm³/mol. The molecule has 12 rings (SSSR count). The number of nitrogens with zero attached hydrogens (tertiary/aromatic N) is 4. The van der Waals surface area contributed by atoms with Gasteiger partial charge in [-0.05, 0) is 81.9 Å². The standard InChI is InChI=1S/C57H36N4S/c1-4-16-37(17-5-1)42-30-31-47(49(36-42)38-18-6-2-7-19-38)57-59-55(39-20-8-3-9-21-39)58-56(60-57)43-24-14-22-40(34-43)41-23-15-25-44(35-41)61-50-28-12-10-26-45(50)46-32-33-52-53(54(46)61)48-27-11-13-29-51(48)62-52/h1-36H. The fourth-order valence-corrected chi connectivity index (χ4v) is 10.1. The normalized spacial score (nSPS) is 11.5. The highest BCUT2D eigenvalue weighted by Crippen LogP contribution is 2.43. The minimum absolute atomic E-state index is 0.618. The Balaban J connectivity index is 1.01. The zero-order valence-corrected chi connectivity index (χ0v) is 34.3. The second-order valence-electron chi connectivity index (χ2n) is 15.6. The topological polar surface area (TPSA) is 43.6 Å². The largest absolute Gasteiger partial charge is 0.309 e. The average molecular weight is 809 g/mol. The molecule has 0 amide bonds. The number of fused-ring (bicyclic) bond motifs is 7. The summed E-state index contributed by atoms with van der Waals surface area (Å²) in [6, 6.07) is 77.4. The van der Waals surface area contributed by atoms with Gasteiger partial charge in [-0.15, -0.1) is 11.3 Å². The van der Waals surface area contributed by atoms with Gasteiger partial charge in [-0.3, -0.25) is 0 Å². The van der Waals surface area contributed by atoms with Crippen LogP contribution >= 0.6 is 11.3 Å². The number of aromatic nitrogens is 4. The highest BCUT2D eigenvalue weighted by Gasteiger charge is 2.20. The summed E-state index contributed by atoms with van der Waals surface area (Å²) in [5.41, 5.74) is 13.0. The second kappa shape index (κ2) is 14.9. The monoisotopic (exact) mass is 808 g/mol. The Kier molecular flexibility index (Phi) is 8.65. The maximum absolute atomic E-state index is 5.27. The lowest BCUT2D eigenvalue weighted by Gasteiger charge is -2.14. The summed E-state index contributed by atoms with van der Waals surface area (Å²) in [4.78, 5) is 15.6. The van der Waals surface area contributed by atoms with Gasteiger partial charge in [0.2, 0.25) is 0 Å². The predicted octanol–water partition coefficient (Wildman–Crippen LogP) is 15.3. The SMILES string of the molecule is c1ccc(-c2ccc(-c3nc(-c4ccccc4)nc(-c4cccc(-c5cccc(-n6c7ccccc7c7ccc8sc9ccccc9c8c76)c5)c4)n3)c(-c3ccccc3)c2)cc1. The van der Waals surface area contributed by atoms with E-state index in [0.29, 0.717) is 17.5 Å². The van der Waals surface area contributed by atoms with Crippen LogP contribution in [0.5, 0.6) is 0 Å². The summed E-state index contributed by atoms with van der Waals surface area (Å²) in [6.45, 7) is 0. The van der Waals surface area contributed by atoms with Gasteiger partial charge in [0, 0.05) is 53.3 Å². The van der Waals surface area contributed by atoms with E-state index in [4.69, 9.17) is 15.0 Å². The molecule has 4 nitrogen and oxygen atoms in total. The molecule has 0 aliphatic carbocycles. The Labute approximate surface area is 362 Å². The molecule has 0 saturated heterocycles. The third-order valence-corrected chi connectivity index (χ3v) is 13.0. The van der Waals surface area contributed by atoms with Crippen molar-refractivity contribution in [2.75, 3.05) is 0 Å². The number of para-hydroxylation sites is 1. The summed E-state index contributed by atoms with van der Waals surface area (Å²) in [6.07, 6.45) is 0. The molecule has 290 valence electrons. The second-order valence-corrected chi connectivity index (χ2v) is 16.7. The van der Waals surface area contributed by atoms with Gasteiger partial charge < -0.3 is 4.57 Å². The summed E-state index contributed by atoms with van der Waals surface area (Å²) in [5, 5.41) is 5.10. The van der Waals surface area contributed by atoms with Crippen LogP contribution in [0.1, 0.15) is 0 Å². The summed E-state index contributed by atoms with van der Waals surface area (Å²) >= 11 is 1.86. The zero-order valence-electron chi connectivity index (χ0n) is 33.5. The van der Waals surface area contributed by atoms with Gasteiger partial charge in [-0.1, -0.05) is 170 Å². The van der Waals surface area contributed by atoms with Gasteiger partial charge in [0.25, 0.3) is 0 Å². The van der Waals surface area contributed by atoms with E-state index in [9.17, 15) is 0 Å². The Morgan fingerprint density at radius 3 is 1.69 bits per heavy atom. The van der Waals surface area contributed by atoms with E-state index in [-0.39, 0.29) is 0 Å². The summed E-state index contributed by atoms with van der Waals surface area (Å²) in [5.74, 6) is 1.87. The van der Waals surface area contributed by atoms with Gasteiger partial charge >= 0.3 is 0 Å². The van der Waals surface area contributed by atoms with E-state index in [1.165, 1.54) is 42.0 Å². The quantitative estimate of drug-likeness (QED) is 0.161. The molecule has 5 heteroatoms. The van der Waals surface area contributed by atoms with Crippen LogP contribution in [0.4, 0.5) is 0 Å². The number of thiophene rings is 1. The van der Waals surface area contributed by atoms with Crippen LogP contribution in [0.25, 0.3) is 115 Å². The van der Waals surface area contributed by atoms with E-state index in [2.05, 4.69) is 199 Å². The molecule has 0 spiro atoms. The lowest BCUT2D eigenvalue weighted by atomic mass is 9.94. The van der Waals surface area contributed by atoms with E-state index in [0.717, 1.165) is 55.8 Å². The van der Waals surface area contributed by atoms with Crippen molar-refractivity contribution in [3.8, 4) is 73.2 Å². The molecule has 9 aromatic carbocycles. The summed E-state index contributed by atoms with van der Waals surface area (Å²) in [7, 11) is 0. The van der Waals surface area contributed by atoms with Crippen molar-refractivity contribution in [2.45, 2.75) is 0 Å². The molecule has 3 heterocycles. The van der Waals surface area contributed by atoms with Crippen LogP contribution in [0.15, 0.2) is 218 Å². The van der Waals surface area contributed by atoms with Crippen molar-refractivity contribution in [3.05, 3.63) is 218 Å². The van der Waals surface area contributed by atoms with Crippen LogP contribution in [0.3, 0.4) is 0 Å². The molecule has 12 aromatic rings. The van der Waals surface area contributed by atoms with Gasteiger partial charge in [0.15, 0.2) is 17.5 Å². The van der Waals surface area contributed by atoms with E-state index in [1.807, 2.05) is 35.6 Å². The molecular formula is C57H36N4S. The lowest BCUT2D eigenvalue weighted by Crippen LogP contribution is -2.01. The molecule has 0 atom stereocenters. The molecule has 0 aliphatic rings. The third-order valence-electron chi connectivity index (χ3n) is 11.9. The first kappa shape index (κ1) is 35.9. The van der Waals surface area contributed by atoms with Crippen LogP contribution < -0.4 is 0 Å². The Morgan fingerprint density at radius 2 is 0.903 bits per heavy atom. The molecule has 62 heavy (non-hydrogen) atoms. The number of hydrogen-bond acceptors (Lipinski definition) is 4. The molecule has 3 aromatic heterocycles. The minimum Gasteiger partial charge on any atom is -0.309 e. The fraction of sp³-hybridized carbons (Fsp3) is 0. The number of rotatable bonds is 7. The lowest BCUT2D eigenvalue weighted by molar-refractivity contribution is 1.07. The molecule has 0 fully saturated rings. The Bertz CT molecular complexity index is 3630. The van der Waals surface area contributed by atoms with Crippen molar-refractivity contribution in [1.29, 1.82) is 0 Å². The van der Waals surface area contributed by atoms with E-state index in [1.54, 1.807) is 0 Å². The Morgan fingerprint density at radius 1 is 0.323 bits per heavy atom. The maximum Gasteiger partial charge on any atom is 0.164 e. The van der Waals surface area contributed by atoms with E-state index >= 15 is 0 Å². The first-order valence-corrected chi connectivity index (χ1v) is 21.7. The van der Waals surface area contributed by atoms with Gasteiger partial charge in [0.1, 0.15) is 0 Å². The van der Waals surface area contributed by atoms with Crippen LogP contribution in [0, 0.1) is 0 Å². The first-order chi connectivity index (χ1) is 30.7. The van der Waals surface area contributed by atoms with Crippen molar-refractivity contribution >= 4 is 53.3 Å². The van der Waals surface area contributed by atoms with Gasteiger partial charge in [-0.25, -0.2) is 15.0 Å². The van der Waals surface area contributed by atoms with Crippen molar-refractivity contribution in [2.24, 2.45) is 0 Å². The summed E-state index contributed by atoms with van der Waals surface area (Å²) < 4.78 is 5.05. The molecule has 0 saturated carbocycles. The zero-order chi connectivity index (χ0) is 41.0. The average Bonchev–Trinajstić information content (AvgIpc) is 3.90. The van der Waals surface area contributed by atoms with Crippen LogP contribution in [0.2, 0.25) is 0 Å². The molecule has 0 unspecified atom stereocenters. The number of benzene rings is 9. The third kappa shape index (κ3) is 6.18. The van der Waals surface area contributed by atoms with E-state index < -0.39 is 0 Å². The van der Waals surface area contributed by atoms with Gasteiger partial charge in [-0.2, -0.15) is 0 Å². The van der Waals surface area contributed by atoms with Crippen LogP contribution in [-0.4, -0.2) is 19.5 Å². The molecule has 0 aliphatic heterocycles. The maximum atomic E-state index is 5.27. The van der Waals surface area contributed by atoms with Crippen molar-refractivity contribution in [3.63, 3.8) is 0 Å². The van der Waals surface area contributed by atoms with Crippen molar-refractivity contribution in [1.82, 2.24) is 19.5 Å². The van der Waals surface area contributed by atoms with Crippen LogP contribution in [-0.2, 0) is 0 Å². The Hall–Kier alpha value is -7.99. The smallest absolute Gasteiger partial charge is 0.164 e. The highest BCUT2D eigenvalue weighted by molar-refractivity contribution is 7.26. The van der Waals surface area contributed by atoms with Crippen molar-refractivity contribution < 1.29 is 0 Å². The molecular weight excluding hydrogens is 773 g/mol. The molecule has 0 bridgehead atoms. The fourth-order valence-electron chi connectivity index (χ4n) is 8.94. The molecule has 0 radical (unpaired) electrons.